The molecule has 1 aromatic rings. The van der Waals surface area contributed by atoms with E-state index >= 15 is 0 Å². The third-order valence-corrected chi connectivity index (χ3v) is 5.02. The van der Waals surface area contributed by atoms with E-state index in [2.05, 4.69) is 5.32 Å². The zero-order chi connectivity index (χ0) is 15.5. The summed E-state index contributed by atoms with van der Waals surface area (Å²) in [6.45, 7) is 0.649. The molecule has 0 aliphatic carbocycles. The zero-order valence-electron chi connectivity index (χ0n) is 12.2. The van der Waals surface area contributed by atoms with Crippen LogP contribution in [0.15, 0.2) is 30.3 Å². The van der Waals surface area contributed by atoms with Gasteiger partial charge in [0, 0.05) is 18.7 Å². The van der Waals surface area contributed by atoms with Gasteiger partial charge < -0.3 is 10.2 Å². The van der Waals surface area contributed by atoms with Crippen LogP contribution in [0.1, 0.15) is 18.4 Å². The van der Waals surface area contributed by atoms with Gasteiger partial charge in [0.1, 0.15) is 12.1 Å². The van der Waals surface area contributed by atoms with Crippen LogP contribution in [0.3, 0.4) is 0 Å². The van der Waals surface area contributed by atoms with Crippen LogP contribution in [0.5, 0.6) is 0 Å². The Hall–Kier alpha value is -1.82. The third-order valence-electron chi connectivity index (χ3n) is 4.06. The number of piperazine rings is 1. The largest absolute Gasteiger partial charge is 0.342 e. The van der Waals surface area contributed by atoms with Crippen LogP contribution in [0, 0.1) is 0 Å². The minimum Gasteiger partial charge on any atom is -0.342 e. The molecule has 0 spiro atoms. The first-order valence-corrected chi connectivity index (χ1v) is 8.44. The van der Waals surface area contributed by atoms with Crippen LogP contribution in [0.25, 0.3) is 0 Å². The number of fused-ring (bicyclic) bond motifs is 1. The number of benzene rings is 1. The SMILES string of the molecule is O=C(Cc1ccccc1)SC[C@@H]1NC(=O)[C@@H]2CCCN2C1=O. The molecule has 0 saturated carbocycles. The lowest BCUT2D eigenvalue weighted by Gasteiger charge is -2.34. The molecule has 3 rings (SSSR count). The van der Waals surface area contributed by atoms with Crippen LogP contribution in [0.4, 0.5) is 0 Å². The maximum Gasteiger partial charge on any atom is 0.246 e. The number of hydrogen-bond donors (Lipinski definition) is 1. The van der Waals surface area contributed by atoms with Crippen molar-refractivity contribution in [1.29, 1.82) is 0 Å². The molecule has 1 aromatic carbocycles. The van der Waals surface area contributed by atoms with Gasteiger partial charge in [-0.3, -0.25) is 14.4 Å². The number of hydrogen-bond acceptors (Lipinski definition) is 4. The quantitative estimate of drug-likeness (QED) is 0.899. The van der Waals surface area contributed by atoms with Crippen molar-refractivity contribution < 1.29 is 14.4 Å². The molecule has 0 radical (unpaired) electrons. The molecule has 5 nitrogen and oxygen atoms in total. The Kier molecular flexibility index (Phi) is 4.47. The second-order valence-electron chi connectivity index (χ2n) is 5.60. The van der Waals surface area contributed by atoms with Gasteiger partial charge in [0.05, 0.1) is 0 Å². The van der Waals surface area contributed by atoms with Gasteiger partial charge >= 0.3 is 0 Å². The third kappa shape index (κ3) is 3.16. The van der Waals surface area contributed by atoms with Crippen molar-refractivity contribution >= 4 is 28.7 Å². The maximum absolute atomic E-state index is 12.3. The van der Waals surface area contributed by atoms with Gasteiger partial charge in [-0.2, -0.15) is 0 Å². The van der Waals surface area contributed by atoms with Gasteiger partial charge in [-0.25, -0.2) is 0 Å². The number of nitrogens with one attached hydrogen (secondary N) is 1. The average Bonchev–Trinajstić information content (AvgIpc) is 3.01. The Balaban J connectivity index is 1.54. The molecule has 2 atom stereocenters. The minimum atomic E-state index is -0.577. The van der Waals surface area contributed by atoms with Crippen molar-refractivity contribution in [3.05, 3.63) is 35.9 Å². The van der Waals surface area contributed by atoms with Crippen molar-refractivity contribution in [3.63, 3.8) is 0 Å². The molecule has 2 aliphatic rings. The van der Waals surface area contributed by atoms with Gasteiger partial charge in [-0.15, -0.1) is 0 Å². The molecule has 0 unspecified atom stereocenters. The number of carbonyl (C=O) groups is 3. The van der Waals surface area contributed by atoms with E-state index in [0.717, 1.165) is 30.2 Å². The van der Waals surface area contributed by atoms with E-state index in [9.17, 15) is 14.4 Å². The van der Waals surface area contributed by atoms with Crippen molar-refractivity contribution in [2.45, 2.75) is 31.3 Å². The van der Waals surface area contributed by atoms with E-state index < -0.39 is 6.04 Å². The number of thioether (sulfide) groups is 1. The Labute approximate surface area is 133 Å². The molecule has 0 aromatic heterocycles. The summed E-state index contributed by atoms with van der Waals surface area (Å²) >= 11 is 1.12. The zero-order valence-corrected chi connectivity index (χ0v) is 13.0. The highest BCUT2D eigenvalue weighted by molar-refractivity contribution is 8.13. The predicted octanol–water partition coefficient (Wildman–Crippen LogP) is 0.978. The number of rotatable bonds is 4. The smallest absolute Gasteiger partial charge is 0.246 e. The van der Waals surface area contributed by atoms with Gasteiger partial charge in [-0.1, -0.05) is 42.1 Å². The fourth-order valence-electron chi connectivity index (χ4n) is 2.94. The van der Waals surface area contributed by atoms with E-state index in [1.165, 1.54) is 0 Å². The van der Waals surface area contributed by atoms with Crippen LogP contribution < -0.4 is 5.32 Å². The predicted molar refractivity (Wildman–Crippen MR) is 84.3 cm³/mol. The van der Waals surface area contributed by atoms with E-state index in [-0.39, 0.29) is 23.0 Å². The summed E-state index contributed by atoms with van der Waals surface area (Å²) in [5, 5.41) is 2.76. The highest BCUT2D eigenvalue weighted by Gasteiger charge is 2.42. The van der Waals surface area contributed by atoms with Crippen molar-refractivity contribution in [2.24, 2.45) is 0 Å². The van der Waals surface area contributed by atoms with Gasteiger partial charge in [0.25, 0.3) is 0 Å². The van der Waals surface area contributed by atoms with Crippen molar-refractivity contribution in [2.75, 3.05) is 12.3 Å². The first-order chi connectivity index (χ1) is 10.6. The second kappa shape index (κ2) is 6.52. The van der Waals surface area contributed by atoms with E-state index in [4.69, 9.17) is 0 Å². The normalized spacial score (nSPS) is 24.1. The average molecular weight is 318 g/mol. The summed E-state index contributed by atoms with van der Waals surface area (Å²) in [7, 11) is 0. The Bertz CT molecular complexity index is 590. The topological polar surface area (TPSA) is 66.5 Å². The molecule has 2 amide bonds. The molecule has 6 heteroatoms. The molecule has 1 N–H and O–H groups in total. The van der Waals surface area contributed by atoms with Gasteiger partial charge in [-0.05, 0) is 18.4 Å². The van der Waals surface area contributed by atoms with E-state index in [1.54, 1.807) is 4.90 Å². The van der Waals surface area contributed by atoms with Crippen LogP contribution in [0.2, 0.25) is 0 Å². The highest BCUT2D eigenvalue weighted by atomic mass is 32.2. The summed E-state index contributed by atoms with van der Waals surface area (Å²) in [4.78, 5) is 37.9. The maximum atomic E-state index is 12.3. The standard InChI is InChI=1S/C16H18N2O3S/c19-14(9-11-5-2-1-3-6-11)22-10-12-16(21)18-8-4-7-13(18)15(20)17-12/h1-3,5-6,12-13H,4,7-10H2,(H,17,20)/t12-,13-/m0/s1. The molecule has 2 heterocycles. The molecular weight excluding hydrogens is 300 g/mol. The summed E-state index contributed by atoms with van der Waals surface area (Å²) in [6, 6.07) is 8.63. The van der Waals surface area contributed by atoms with Crippen LogP contribution in [-0.2, 0) is 20.8 Å². The van der Waals surface area contributed by atoms with Gasteiger partial charge in [0.15, 0.2) is 5.12 Å². The summed E-state index contributed by atoms with van der Waals surface area (Å²) in [5.74, 6) is 0.166. The van der Waals surface area contributed by atoms with Crippen LogP contribution in [-0.4, -0.2) is 46.2 Å². The Morgan fingerprint density at radius 2 is 2.05 bits per heavy atom. The van der Waals surface area contributed by atoms with Crippen LogP contribution >= 0.6 is 11.8 Å². The Morgan fingerprint density at radius 3 is 2.82 bits per heavy atom. The summed E-state index contributed by atoms with van der Waals surface area (Å²) in [6.07, 6.45) is 1.95. The molecule has 116 valence electrons. The van der Waals surface area contributed by atoms with Crippen molar-refractivity contribution in [3.8, 4) is 0 Å². The van der Waals surface area contributed by atoms with E-state index in [0.29, 0.717) is 18.7 Å². The molecule has 0 bridgehead atoms. The summed E-state index contributed by atoms with van der Waals surface area (Å²) in [5.41, 5.74) is 0.957. The molecule has 2 fully saturated rings. The fourth-order valence-corrected chi connectivity index (χ4v) is 3.78. The lowest BCUT2D eigenvalue weighted by Crippen LogP contribution is -2.61. The van der Waals surface area contributed by atoms with Gasteiger partial charge in [0.2, 0.25) is 11.8 Å². The molecule has 2 aliphatic heterocycles. The molecular formula is C16H18N2O3S. The number of amides is 2. The summed E-state index contributed by atoms with van der Waals surface area (Å²) < 4.78 is 0. The second-order valence-corrected chi connectivity index (χ2v) is 6.67. The lowest BCUT2D eigenvalue weighted by atomic mass is 10.1. The first-order valence-electron chi connectivity index (χ1n) is 7.45. The monoisotopic (exact) mass is 318 g/mol. The minimum absolute atomic E-state index is 0.0109. The number of nitrogens with zero attached hydrogens (tertiary/aromatic N) is 1. The van der Waals surface area contributed by atoms with E-state index in [1.807, 2.05) is 30.3 Å². The highest BCUT2D eigenvalue weighted by Crippen LogP contribution is 2.23. The molecule has 2 saturated heterocycles. The lowest BCUT2D eigenvalue weighted by molar-refractivity contribution is -0.146. The first kappa shape index (κ1) is 15.1. The number of carbonyl (C=O) groups excluding carboxylic acids is 3. The molecule has 22 heavy (non-hydrogen) atoms. The fraction of sp³-hybridized carbons (Fsp3) is 0.438. The Morgan fingerprint density at radius 1 is 1.27 bits per heavy atom. The van der Waals surface area contributed by atoms with Crippen molar-refractivity contribution in [1.82, 2.24) is 10.2 Å².